The van der Waals surface area contributed by atoms with Gasteiger partial charge >= 0.3 is 0 Å². The zero-order valence-electron chi connectivity index (χ0n) is 15.3. The number of aliphatic hydroxyl groups is 1. The van der Waals surface area contributed by atoms with Gasteiger partial charge in [-0.2, -0.15) is 0 Å². The Bertz CT molecular complexity index is 983. The van der Waals surface area contributed by atoms with Crippen molar-refractivity contribution in [1.82, 2.24) is 9.71 Å². The number of rotatable bonds is 6. The van der Waals surface area contributed by atoms with Crippen LogP contribution in [0, 0.1) is 17.5 Å². The maximum absolute atomic E-state index is 14.4. The lowest BCUT2D eigenvalue weighted by Gasteiger charge is -2.36. The van der Waals surface area contributed by atoms with Crippen LogP contribution in [0.2, 0.25) is 0 Å². The fraction of sp³-hybridized carbons (Fsp3) is 0.333. The molecule has 1 atom stereocenters. The number of aliphatic hydroxyl groups excluding tert-OH is 1. The minimum absolute atomic E-state index is 0.00936. The number of hydrogen-bond acceptors (Lipinski definition) is 3. The van der Waals surface area contributed by atoms with Crippen LogP contribution in [0.4, 0.5) is 13.2 Å². The minimum atomic E-state index is -0.631. The molecule has 2 aromatic carbocycles. The number of H-pyrrole nitrogens is 1. The summed E-state index contributed by atoms with van der Waals surface area (Å²) in [7, 11) is 0. The highest BCUT2D eigenvalue weighted by atomic mass is 32.2. The zero-order chi connectivity index (χ0) is 19.8. The lowest BCUT2D eigenvalue weighted by atomic mass is 9.77. The lowest BCUT2D eigenvalue weighted by Crippen LogP contribution is -2.31. The van der Waals surface area contributed by atoms with Crippen molar-refractivity contribution >= 4 is 22.9 Å². The fourth-order valence-corrected chi connectivity index (χ4v) is 4.81. The molecular formula is C21H21F3N2OS. The first kappa shape index (κ1) is 19.4. The van der Waals surface area contributed by atoms with Crippen LogP contribution in [0.15, 0.2) is 36.4 Å². The highest BCUT2D eigenvalue weighted by molar-refractivity contribution is 7.98. The van der Waals surface area contributed by atoms with Gasteiger partial charge in [-0.05, 0) is 67.1 Å². The van der Waals surface area contributed by atoms with E-state index in [4.69, 9.17) is 5.11 Å². The van der Waals surface area contributed by atoms with Crippen LogP contribution in [0.3, 0.4) is 0 Å². The molecule has 1 fully saturated rings. The second-order valence-electron chi connectivity index (χ2n) is 7.34. The van der Waals surface area contributed by atoms with E-state index < -0.39 is 11.6 Å². The molecule has 1 aliphatic carbocycles. The molecule has 0 radical (unpaired) electrons. The molecule has 0 saturated heterocycles. The third kappa shape index (κ3) is 3.66. The van der Waals surface area contributed by atoms with E-state index in [0.29, 0.717) is 16.3 Å². The molecule has 0 aliphatic heterocycles. The third-order valence-electron chi connectivity index (χ3n) is 5.21. The van der Waals surface area contributed by atoms with Gasteiger partial charge in [-0.25, -0.2) is 13.2 Å². The Morgan fingerprint density at radius 1 is 1.14 bits per heavy atom. The molecule has 1 aromatic heterocycles. The van der Waals surface area contributed by atoms with Crippen molar-refractivity contribution < 1.29 is 18.3 Å². The van der Waals surface area contributed by atoms with Crippen LogP contribution in [-0.4, -0.2) is 28.0 Å². The van der Waals surface area contributed by atoms with E-state index in [2.05, 4.69) is 9.71 Å². The first-order valence-electron chi connectivity index (χ1n) is 9.25. The zero-order valence-corrected chi connectivity index (χ0v) is 16.1. The molecule has 0 spiro atoms. The topological polar surface area (TPSA) is 48.0 Å². The van der Waals surface area contributed by atoms with E-state index in [9.17, 15) is 13.2 Å². The van der Waals surface area contributed by atoms with Gasteiger partial charge in [-0.1, -0.05) is 11.9 Å². The highest BCUT2D eigenvalue weighted by Crippen LogP contribution is 2.48. The van der Waals surface area contributed by atoms with Crippen molar-refractivity contribution in [2.45, 2.75) is 37.0 Å². The van der Waals surface area contributed by atoms with E-state index >= 15 is 0 Å². The molecule has 1 unspecified atom stereocenters. The molecular weight excluding hydrogens is 385 g/mol. The highest BCUT2D eigenvalue weighted by Gasteiger charge is 2.35. The maximum atomic E-state index is 14.4. The summed E-state index contributed by atoms with van der Waals surface area (Å²) in [5.74, 6) is -1.44. The first-order chi connectivity index (χ1) is 13.5. The number of hydrogen-bond donors (Lipinski definition) is 3. The van der Waals surface area contributed by atoms with Crippen molar-refractivity contribution in [1.29, 1.82) is 0 Å². The summed E-state index contributed by atoms with van der Waals surface area (Å²) in [6.07, 6.45) is 1.71. The molecule has 0 bridgehead atoms. The van der Waals surface area contributed by atoms with Crippen LogP contribution < -0.4 is 4.72 Å². The van der Waals surface area contributed by atoms with E-state index in [1.54, 1.807) is 24.1 Å². The number of halogens is 3. The summed E-state index contributed by atoms with van der Waals surface area (Å²) in [5, 5.41) is 10.0. The molecule has 1 saturated carbocycles. The number of aromatic amines is 1. The monoisotopic (exact) mass is 406 g/mol. The van der Waals surface area contributed by atoms with Crippen LogP contribution in [-0.2, 0) is 0 Å². The average Bonchev–Trinajstić information content (AvgIpc) is 3.00. The van der Waals surface area contributed by atoms with Crippen LogP contribution in [0.1, 0.15) is 31.2 Å². The second kappa shape index (κ2) is 7.81. The van der Waals surface area contributed by atoms with E-state index in [1.165, 1.54) is 18.2 Å². The summed E-state index contributed by atoms with van der Waals surface area (Å²) in [4.78, 5) is 3.10. The Morgan fingerprint density at radius 2 is 1.86 bits per heavy atom. The van der Waals surface area contributed by atoms with E-state index in [-0.39, 0.29) is 29.9 Å². The van der Waals surface area contributed by atoms with Gasteiger partial charge in [0.1, 0.15) is 17.5 Å². The van der Waals surface area contributed by atoms with Crippen molar-refractivity contribution in [3.8, 4) is 11.3 Å². The van der Waals surface area contributed by atoms with Crippen molar-refractivity contribution in [2.24, 2.45) is 0 Å². The Labute approximate surface area is 165 Å². The van der Waals surface area contributed by atoms with Crippen LogP contribution in [0.25, 0.3) is 22.2 Å². The molecule has 0 amide bonds. The maximum Gasteiger partial charge on any atom is 0.150 e. The summed E-state index contributed by atoms with van der Waals surface area (Å²) in [5.41, 5.74) is 2.62. The Balaban J connectivity index is 1.68. The first-order valence-corrected chi connectivity index (χ1v) is 10.1. The molecule has 4 rings (SSSR count). The molecule has 3 nitrogen and oxygen atoms in total. The quantitative estimate of drug-likeness (QED) is 0.498. The van der Waals surface area contributed by atoms with Crippen molar-refractivity contribution in [3.05, 3.63) is 59.4 Å². The van der Waals surface area contributed by atoms with Gasteiger partial charge in [0.2, 0.25) is 0 Å². The van der Waals surface area contributed by atoms with Gasteiger partial charge in [-0.3, -0.25) is 4.72 Å². The van der Waals surface area contributed by atoms with Gasteiger partial charge in [0.25, 0.3) is 0 Å². The van der Waals surface area contributed by atoms with Gasteiger partial charge in [0.15, 0.2) is 0 Å². The number of nitrogens with one attached hydrogen (secondary N) is 2. The van der Waals surface area contributed by atoms with Gasteiger partial charge in [0.05, 0.1) is 17.8 Å². The van der Waals surface area contributed by atoms with Crippen molar-refractivity contribution in [3.63, 3.8) is 0 Å². The van der Waals surface area contributed by atoms with Crippen molar-refractivity contribution in [2.75, 3.05) is 6.61 Å². The smallest absolute Gasteiger partial charge is 0.150 e. The minimum Gasteiger partial charge on any atom is -0.395 e. The fourth-order valence-electron chi connectivity index (χ4n) is 3.66. The summed E-state index contributed by atoms with van der Waals surface area (Å²) in [6.45, 7) is 1.97. The number of aromatic nitrogens is 1. The SMILES string of the molecule is CC(CO)NSC1CC(c2c(-c3ccc(F)cc3)[nH]c3c(F)cc(F)cc23)C1. The Kier molecular flexibility index (Phi) is 5.40. The molecule has 1 heterocycles. The predicted molar refractivity (Wildman–Crippen MR) is 107 cm³/mol. The summed E-state index contributed by atoms with van der Waals surface area (Å²) < 4.78 is 44.8. The molecule has 1 aliphatic rings. The van der Waals surface area contributed by atoms with Gasteiger partial charge in [0, 0.05) is 22.7 Å². The lowest BCUT2D eigenvalue weighted by molar-refractivity contribution is 0.267. The standard InChI is InChI=1S/C21H21F3N2OS/c1-11(10-27)26-28-16-6-13(7-16)19-17-8-15(23)9-18(24)21(17)25-20(19)12-2-4-14(22)5-3-12/h2-5,8-9,11,13,16,25-27H,6-7,10H2,1H3. The Morgan fingerprint density at radius 3 is 2.54 bits per heavy atom. The predicted octanol–water partition coefficient (Wildman–Crippen LogP) is 5.12. The Hall–Kier alpha value is -1.96. The number of fused-ring (bicyclic) bond motifs is 1. The van der Waals surface area contributed by atoms with Crippen LogP contribution >= 0.6 is 11.9 Å². The molecule has 7 heteroatoms. The molecule has 3 N–H and O–H groups in total. The summed E-state index contributed by atoms with van der Waals surface area (Å²) in [6, 6.07) is 8.26. The van der Waals surface area contributed by atoms with Gasteiger partial charge < -0.3 is 10.1 Å². The normalized spacial score (nSPS) is 20.3. The average molecular weight is 406 g/mol. The molecule has 148 valence electrons. The van der Waals surface area contributed by atoms with Gasteiger partial charge in [-0.15, -0.1) is 0 Å². The third-order valence-corrected chi connectivity index (χ3v) is 6.47. The summed E-state index contributed by atoms with van der Waals surface area (Å²) >= 11 is 1.59. The van der Waals surface area contributed by atoms with E-state index in [0.717, 1.165) is 30.0 Å². The molecule has 28 heavy (non-hydrogen) atoms. The number of benzene rings is 2. The second-order valence-corrected chi connectivity index (χ2v) is 8.48. The largest absolute Gasteiger partial charge is 0.395 e. The molecule has 3 aromatic rings. The van der Waals surface area contributed by atoms with Crippen LogP contribution in [0.5, 0.6) is 0 Å². The van der Waals surface area contributed by atoms with E-state index in [1.807, 2.05) is 6.92 Å².